The number of rotatable bonds is 7. The number of carbonyl (C=O) groups excluding carboxylic acids is 1. The van der Waals surface area contributed by atoms with Gasteiger partial charge in [0.1, 0.15) is 5.82 Å². The maximum atomic E-state index is 13.0. The van der Waals surface area contributed by atoms with Crippen LogP contribution in [0.5, 0.6) is 0 Å². The van der Waals surface area contributed by atoms with Crippen molar-refractivity contribution in [2.75, 3.05) is 36.5 Å². The Hall–Kier alpha value is -3.42. The van der Waals surface area contributed by atoms with Gasteiger partial charge in [-0.25, -0.2) is 9.97 Å². The highest BCUT2D eigenvalue weighted by molar-refractivity contribution is 6.31. The SMILES string of the molecule is O=C(Nc1nc2cc(Cl)ccc2n1CCCc1ccccc1)c1ccc(N2CCOCC2)nc1. The molecule has 1 N–H and O–H groups in total. The van der Waals surface area contributed by atoms with Gasteiger partial charge >= 0.3 is 0 Å². The molecule has 0 spiro atoms. The minimum atomic E-state index is -0.244. The number of hydrogen-bond acceptors (Lipinski definition) is 5. The van der Waals surface area contributed by atoms with Gasteiger partial charge in [-0.1, -0.05) is 41.9 Å². The van der Waals surface area contributed by atoms with Crippen molar-refractivity contribution in [2.45, 2.75) is 19.4 Å². The number of nitrogens with one attached hydrogen (secondary N) is 1. The van der Waals surface area contributed by atoms with Crippen molar-refractivity contribution in [1.29, 1.82) is 0 Å². The number of imidazole rings is 1. The quantitative estimate of drug-likeness (QED) is 0.415. The second-order valence-corrected chi connectivity index (χ2v) is 8.70. The molecule has 2 aromatic carbocycles. The van der Waals surface area contributed by atoms with Crippen molar-refractivity contribution in [1.82, 2.24) is 14.5 Å². The fraction of sp³-hybridized carbons (Fsp3) is 0.269. The number of anilines is 2. The van der Waals surface area contributed by atoms with Crippen LogP contribution >= 0.6 is 11.6 Å². The van der Waals surface area contributed by atoms with E-state index in [1.807, 2.05) is 47.0 Å². The lowest BCUT2D eigenvalue weighted by Gasteiger charge is -2.27. The summed E-state index contributed by atoms with van der Waals surface area (Å²) in [6.07, 6.45) is 3.46. The number of morpholine rings is 1. The van der Waals surface area contributed by atoms with Gasteiger partial charge in [0.2, 0.25) is 5.95 Å². The van der Waals surface area contributed by atoms with E-state index in [2.05, 4.69) is 32.3 Å². The van der Waals surface area contributed by atoms with Crippen LogP contribution in [0.15, 0.2) is 66.9 Å². The largest absolute Gasteiger partial charge is 0.378 e. The Labute approximate surface area is 203 Å². The fourth-order valence-corrected chi connectivity index (χ4v) is 4.35. The third-order valence-corrected chi connectivity index (χ3v) is 6.21. The lowest BCUT2D eigenvalue weighted by atomic mass is 10.1. The normalized spacial score (nSPS) is 13.9. The first-order valence-corrected chi connectivity index (χ1v) is 11.8. The summed E-state index contributed by atoms with van der Waals surface area (Å²) in [6, 6.07) is 19.7. The Balaban J connectivity index is 1.33. The van der Waals surface area contributed by atoms with Crippen molar-refractivity contribution < 1.29 is 9.53 Å². The lowest BCUT2D eigenvalue weighted by Crippen LogP contribution is -2.36. The maximum absolute atomic E-state index is 13.0. The number of ether oxygens (including phenoxy) is 1. The summed E-state index contributed by atoms with van der Waals surface area (Å²) in [5.74, 6) is 1.11. The van der Waals surface area contributed by atoms with Crippen LogP contribution in [0.1, 0.15) is 22.3 Å². The molecule has 4 aromatic rings. The highest BCUT2D eigenvalue weighted by atomic mass is 35.5. The number of nitrogens with zero attached hydrogens (tertiary/aromatic N) is 4. The molecule has 0 aliphatic carbocycles. The molecular formula is C26H26ClN5O2. The summed E-state index contributed by atoms with van der Waals surface area (Å²) in [7, 11) is 0. The van der Waals surface area contributed by atoms with E-state index in [0.717, 1.165) is 49.3 Å². The number of aromatic nitrogens is 3. The summed E-state index contributed by atoms with van der Waals surface area (Å²) in [4.78, 5) is 24.3. The van der Waals surface area contributed by atoms with Crippen molar-refractivity contribution in [3.63, 3.8) is 0 Å². The van der Waals surface area contributed by atoms with Crippen molar-refractivity contribution in [3.8, 4) is 0 Å². The van der Waals surface area contributed by atoms with Gasteiger partial charge in [0, 0.05) is 30.9 Å². The highest BCUT2D eigenvalue weighted by Crippen LogP contribution is 2.24. The number of amides is 1. The zero-order chi connectivity index (χ0) is 23.3. The lowest BCUT2D eigenvalue weighted by molar-refractivity contribution is 0.102. The maximum Gasteiger partial charge on any atom is 0.259 e. The molecule has 5 rings (SSSR count). The summed E-state index contributed by atoms with van der Waals surface area (Å²) in [5.41, 5.74) is 3.46. The Morgan fingerprint density at radius 2 is 1.88 bits per heavy atom. The van der Waals surface area contributed by atoms with Gasteiger partial charge in [-0.05, 0) is 48.7 Å². The molecule has 34 heavy (non-hydrogen) atoms. The highest BCUT2D eigenvalue weighted by Gasteiger charge is 2.17. The Morgan fingerprint density at radius 3 is 2.65 bits per heavy atom. The Morgan fingerprint density at radius 1 is 1.06 bits per heavy atom. The van der Waals surface area contributed by atoms with Crippen LogP contribution in [0.25, 0.3) is 11.0 Å². The predicted molar refractivity (Wildman–Crippen MR) is 135 cm³/mol. The second-order valence-electron chi connectivity index (χ2n) is 8.27. The Bertz CT molecular complexity index is 1270. The number of carbonyl (C=O) groups is 1. The van der Waals surface area contributed by atoms with Gasteiger partial charge in [-0.15, -0.1) is 0 Å². The van der Waals surface area contributed by atoms with Crippen LogP contribution in [0, 0.1) is 0 Å². The molecule has 174 valence electrons. The smallest absolute Gasteiger partial charge is 0.259 e. The van der Waals surface area contributed by atoms with E-state index in [1.165, 1.54) is 5.56 Å². The predicted octanol–water partition coefficient (Wildman–Crippen LogP) is 4.81. The van der Waals surface area contributed by atoms with Gasteiger partial charge in [0.15, 0.2) is 0 Å². The van der Waals surface area contributed by atoms with Crippen LogP contribution in [-0.2, 0) is 17.7 Å². The van der Waals surface area contributed by atoms with Gasteiger partial charge in [0.05, 0.1) is 29.8 Å². The minimum Gasteiger partial charge on any atom is -0.378 e. The average Bonchev–Trinajstić information content (AvgIpc) is 3.21. The van der Waals surface area contributed by atoms with E-state index >= 15 is 0 Å². The molecule has 8 heteroatoms. The molecule has 1 aliphatic heterocycles. The first kappa shape index (κ1) is 22.4. The van der Waals surface area contributed by atoms with Crippen molar-refractivity contribution in [2.24, 2.45) is 0 Å². The molecule has 0 radical (unpaired) electrons. The third kappa shape index (κ3) is 5.05. The molecule has 0 unspecified atom stereocenters. The van der Waals surface area contributed by atoms with Crippen LogP contribution < -0.4 is 10.2 Å². The molecule has 1 fully saturated rings. The zero-order valence-electron chi connectivity index (χ0n) is 18.8. The van der Waals surface area contributed by atoms with E-state index in [-0.39, 0.29) is 5.91 Å². The zero-order valence-corrected chi connectivity index (χ0v) is 19.5. The molecule has 1 aliphatic rings. The van der Waals surface area contributed by atoms with E-state index in [4.69, 9.17) is 16.3 Å². The molecule has 1 amide bonds. The molecule has 7 nitrogen and oxygen atoms in total. The molecule has 0 bridgehead atoms. The first-order chi connectivity index (χ1) is 16.7. The van der Waals surface area contributed by atoms with Crippen LogP contribution in [0.4, 0.5) is 11.8 Å². The standard InChI is InChI=1S/C26H26ClN5O2/c27-21-9-10-23-22(17-21)29-26(32(23)12-4-7-19-5-2-1-3-6-19)30-25(33)20-8-11-24(28-18-20)31-13-15-34-16-14-31/h1-3,5-6,8-11,17-18H,4,7,12-16H2,(H,29,30,33). The molecular weight excluding hydrogens is 450 g/mol. The van der Waals surface area contributed by atoms with E-state index in [9.17, 15) is 4.79 Å². The molecule has 0 saturated carbocycles. The third-order valence-electron chi connectivity index (χ3n) is 5.97. The second kappa shape index (κ2) is 10.2. The number of pyridine rings is 1. The van der Waals surface area contributed by atoms with E-state index in [0.29, 0.717) is 29.7 Å². The topological polar surface area (TPSA) is 72.3 Å². The summed E-state index contributed by atoms with van der Waals surface area (Å²) < 4.78 is 7.44. The number of hydrogen-bond donors (Lipinski definition) is 1. The van der Waals surface area contributed by atoms with E-state index in [1.54, 1.807) is 12.3 Å². The molecule has 2 aromatic heterocycles. The molecule has 0 atom stereocenters. The van der Waals surface area contributed by atoms with Crippen LogP contribution in [0.2, 0.25) is 5.02 Å². The summed E-state index contributed by atoms with van der Waals surface area (Å²) in [5, 5.41) is 3.59. The van der Waals surface area contributed by atoms with Gasteiger partial charge < -0.3 is 14.2 Å². The minimum absolute atomic E-state index is 0.244. The number of benzene rings is 2. The van der Waals surface area contributed by atoms with Gasteiger partial charge in [-0.3, -0.25) is 10.1 Å². The first-order valence-electron chi connectivity index (χ1n) is 11.5. The summed E-state index contributed by atoms with van der Waals surface area (Å²) in [6.45, 7) is 3.70. The summed E-state index contributed by atoms with van der Waals surface area (Å²) >= 11 is 6.19. The van der Waals surface area contributed by atoms with Crippen molar-refractivity contribution >= 4 is 40.3 Å². The van der Waals surface area contributed by atoms with Crippen LogP contribution in [0.3, 0.4) is 0 Å². The van der Waals surface area contributed by atoms with Crippen LogP contribution in [-0.4, -0.2) is 46.7 Å². The number of fused-ring (bicyclic) bond motifs is 1. The Kier molecular flexibility index (Phi) is 6.74. The van der Waals surface area contributed by atoms with Gasteiger partial charge in [0.25, 0.3) is 5.91 Å². The average molecular weight is 476 g/mol. The monoisotopic (exact) mass is 475 g/mol. The van der Waals surface area contributed by atoms with E-state index < -0.39 is 0 Å². The van der Waals surface area contributed by atoms with Gasteiger partial charge in [-0.2, -0.15) is 0 Å². The fourth-order valence-electron chi connectivity index (χ4n) is 4.18. The van der Waals surface area contributed by atoms with Crippen molar-refractivity contribution in [3.05, 3.63) is 83.0 Å². The number of halogens is 1. The molecule has 1 saturated heterocycles. The molecule has 3 heterocycles. The number of aryl methyl sites for hydroxylation is 2.